The third kappa shape index (κ3) is 3.98. The summed E-state index contributed by atoms with van der Waals surface area (Å²) in [6, 6.07) is 5.09. The van der Waals surface area contributed by atoms with Crippen molar-refractivity contribution in [3.8, 4) is 0 Å². The summed E-state index contributed by atoms with van der Waals surface area (Å²) in [5.74, 6) is -4.68. The summed E-state index contributed by atoms with van der Waals surface area (Å²) in [4.78, 5) is 39.5. The number of methoxy groups -OCH3 is 1. The van der Waals surface area contributed by atoms with Crippen molar-refractivity contribution < 1.29 is 27.9 Å². The fourth-order valence-corrected chi connectivity index (χ4v) is 3.41. The van der Waals surface area contributed by atoms with Crippen LogP contribution in [-0.4, -0.2) is 48.8 Å². The first kappa shape index (κ1) is 20.5. The van der Waals surface area contributed by atoms with E-state index in [0.717, 1.165) is 7.11 Å². The summed E-state index contributed by atoms with van der Waals surface area (Å²) in [6.45, 7) is 7.49. The molecule has 0 spiro atoms. The molecule has 2 aliphatic rings. The Morgan fingerprint density at radius 1 is 1.21 bits per heavy atom. The fourth-order valence-electron chi connectivity index (χ4n) is 3.41. The molecule has 0 unspecified atom stereocenters. The van der Waals surface area contributed by atoms with E-state index in [-0.39, 0.29) is 43.9 Å². The third-order valence-electron chi connectivity index (χ3n) is 5.06. The number of carbonyl (C=O) groups excluding carboxylic acids is 3. The van der Waals surface area contributed by atoms with Gasteiger partial charge in [0.05, 0.1) is 13.7 Å². The SMILES string of the molecule is C=C(NC(=O)C(=C)N1Cc2c(cccc2N2CCC(F)(F)CC2)C1=O)C(=O)OC. The van der Waals surface area contributed by atoms with Crippen molar-refractivity contribution in [2.24, 2.45) is 0 Å². The third-order valence-corrected chi connectivity index (χ3v) is 5.06. The van der Waals surface area contributed by atoms with Gasteiger partial charge in [-0.15, -0.1) is 0 Å². The Bertz CT molecular complexity index is 903. The number of anilines is 1. The number of alkyl halides is 2. The smallest absolute Gasteiger partial charge is 0.353 e. The molecule has 2 aliphatic heterocycles. The molecule has 0 atom stereocenters. The molecule has 3 rings (SSSR count). The van der Waals surface area contributed by atoms with Gasteiger partial charge in [0, 0.05) is 42.7 Å². The van der Waals surface area contributed by atoms with Crippen molar-refractivity contribution in [3.05, 3.63) is 53.9 Å². The summed E-state index contributed by atoms with van der Waals surface area (Å²) in [7, 11) is 1.15. The number of nitrogens with zero attached hydrogens (tertiary/aromatic N) is 2. The number of hydrogen-bond donors (Lipinski definition) is 1. The van der Waals surface area contributed by atoms with E-state index in [1.165, 1.54) is 4.90 Å². The van der Waals surface area contributed by atoms with Crippen LogP contribution < -0.4 is 10.2 Å². The summed E-state index contributed by atoms with van der Waals surface area (Å²) in [5, 5.41) is 2.25. The van der Waals surface area contributed by atoms with E-state index in [0.29, 0.717) is 16.8 Å². The Hall–Kier alpha value is -3.23. The second-order valence-electron chi connectivity index (χ2n) is 6.91. The van der Waals surface area contributed by atoms with Gasteiger partial charge in [-0.3, -0.25) is 14.5 Å². The Kier molecular flexibility index (Phi) is 5.41. The fraction of sp³-hybridized carbons (Fsp3) is 0.350. The number of fused-ring (bicyclic) bond motifs is 1. The monoisotopic (exact) mass is 405 g/mol. The first-order valence-corrected chi connectivity index (χ1v) is 8.98. The number of amides is 2. The lowest BCUT2D eigenvalue weighted by atomic mass is 10.0. The van der Waals surface area contributed by atoms with Gasteiger partial charge in [0.2, 0.25) is 0 Å². The summed E-state index contributed by atoms with van der Waals surface area (Å²) in [5.41, 5.74) is 1.30. The van der Waals surface area contributed by atoms with Crippen LogP contribution in [0.15, 0.2) is 42.8 Å². The molecule has 1 aromatic carbocycles. The zero-order chi connectivity index (χ0) is 21.3. The van der Waals surface area contributed by atoms with Gasteiger partial charge in [0.15, 0.2) is 0 Å². The molecule has 0 bridgehead atoms. The number of carbonyl (C=O) groups is 3. The second kappa shape index (κ2) is 7.65. The van der Waals surface area contributed by atoms with Gasteiger partial charge in [-0.1, -0.05) is 19.2 Å². The number of benzene rings is 1. The predicted molar refractivity (Wildman–Crippen MR) is 101 cm³/mol. The molecular weight excluding hydrogens is 384 g/mol. The Morgan fingerprint density at radius 2 is 1.86 bits per heavy atom. The maximum absolute atomic E-state index is 13.5. The quantitative estimate of drug-likeness (QED) is 0.600. The topological polar surface area (TPSA) is 79.0 Å². The lowest BCUT2D eigenvalue weighted by Gasteiger charge is -2.34. The maximum atomic E-state index is 13.5. The first-order valence-electron chi connectivity index (χ1n) is 8.98. The van der Waals surface area contributed by atoms with E-state index in [1.54, 1.807) is 18.2 Å². The van der Waals surface area contributed by atoms with Gasteiger partial charge < -0.3 is 15.0 Å². The molecule has 0 aromatic heterocycles. The molecule has 0 saturated carbocycles. The lowest BCUT2D eigenvalue weighted by Crippen LogP contribution is -2.39. The number of hydrogen-bond acceptors (Lipinski definition) is 5. The minimum absolute atomic E-state index is 0.0776. The summed E-state index contributed by atoms with van der Waals surface area (Å²) in [6.07, 6.45) is -0.502. The summed E-state index contributed by atoms with van der Waals surface area (Å²) >= 11 is 0. The van der Waals surface area contributed by atoms with Crippen molar-refractivity contribution in [3.63, 3.8) is 0 Å². The lowest BCUT2D eigenvalue weighted by molar-refractivity contribution is -0.137. The molecule has 0 aliphatic carbocycles. The number of halogens is 2. The van der Waals surface area contributed by atoms with Crippen LogP contribution >= 0.6 is 0 Å². The van der Waals surface area contributed by atoms with E-state index >= 15 is 0 Å². The Morgan fingerprint density at radius 3 is 2.48 bits per heavy atom. The average molecular weight is 405 g/mol. The highest BCUT2D eigenvalue weighted by atomic mass is 19.3. The number of nitrogens with one attached hydrogen (secondary N) is 1. The molecule has 7 nitrogen and oxygen atoms in total. The highest BCUT2D eigenvalue weighted by Crippen LogP contribution is 2.37. The molecule has 0 radical (unpaired) electrons. The van der Waals surface area contributed by atoms with Crippen LogP contribution in [-0.2, 0) is 20.9 Å². The van der Waals surface area contributed by atoms with Gasteiger partial charge in [-0.25, -0.2) is 13.6 Å². The van der Waals surface area contributed by atoms with Gasteiger partial charge in [0.1, 0.15) is 11.4 Å². The van der Waals surface area contributed by atoms with E-state index in [4.69, 9.17) is 0 Å². The molecule has 154 valence electrons. The van der Waals surface area contributed by atoms with Crippen LogP contribution in [0.1, 0.15) is 28.8 Å². The minimum atomic E-state index is -2.68. The first-order chi connectivity index (χ1) is 13.6. The molecule has 2 heterocycles. The highest BCUT2D eigenvalue weighted by molar-refractivity contribution is 6.07. The van der Waals surface area contributed by atoms with Gasteiger partial charge in [-0.2, -0.15) is 0 Å². The molecule has 29 heavy (non-hydrogen) atoms. The van der Waals surface area contributed by atoms with Crippen molar-refractivity contribution in [1.82, 2.24) is 10.2 Å². The number of esters is 1. The van der Waals surface area contributed by atoms with E-state index in [1.807, 2.05) is 4.90 Å². The van der Waals surface area contributed by atoms with Crippen LogP contribution in [0.3, 0.4) is 0 Å². The van der Waals surface area contributed by atoms with Gasteiger partial charge in [-0.05, 0) is 12.1 Å². The summed E-state index contributed by atoms with van der Waals surface area (Å²) < 4.78 is 31.4. The Labute approximate surface area is 166 Å². The zero-order valence-corrected chi connectivity index (χ0v) is 16.0. The maximum Gasteiger partial charge on any atom is 0.353 e. The standard InChI is InChI=1S/C20H21F2N3O4/c1-12(19(28)29-3)23-17(26)13(2)25-11-15-14(18(25)27)5-4-6-16(15)24-9-7-20(21,22)8-10-24/h4-6H,1-2,7-11H2,3H3,(H,23,26). The van der Waals surface area contributed by atoms with Gasteiger partial charge in [0.25, 0.3) is 17.7 Å². The van der Waals surface area contributed by atoms with Crippen molar-refractivity contribution >= 4 is 23.5 Å². The molecule has 1 aromatic rings. The average Bonchev–Trinajstić information content (AvgIpc) is 3.03. The Balaban J connectivity index is 1.77. The van der Waals surface area contributed by atoms with Crippen LogP contribution in [0.25, 0.3) is 0 Å². The number of piperidine rings is 1. The minimum Gasteiger partial charge on any atom is -0.464 e. The molecule has 1 fully saturated rings. The molecule has 1 N–H and O–H groups in total. The molecule has 9 heteroatoms. The zero-order valence-electron chi connectivity index (χ0n) is 16.0. The van der Waals surface area contributed by atoms with E-state index < -0.39 is 23.7 Å². The highest BCUT2D eigenvalue weighted by Gasteiger charge is 2.38. The number of ether oxygens (including phenoxy) is 1. The predicted octanol–water partition coefficient (Wildman–Crippen LogP) is 2.19. The molecular formula is C20H21F2N3O4. The van der Waals surface area contributed by atoms with E-state index in [2.05, 4.69) is 23.2 Å². The van der Waals surface area contributed by atoms with Crippen LogP contribution in [0, 0.1) is 0 Å². The normalized spacial score (nSPS) is 17.6. The van der Waals surface area contributed by atoms with E-state index in [9.17, 15) is 23.2 Å². The van der Waals surface area contributed by atoms with Crippen LogP contribution in [0.4, 0.5) is 14.5 Å². The van der Waals surface area contributed by atoms with Crippen LogP contribution in [0.5, 0.6) is 0 Å². The van der Waals surface area contributed by atoms with Crippen molar-refractivity contribution in [1.29, 1.82) is 0 Å². The van der Waals surface area contributed by atoms with Crippen molar-refractivity contribution in [2.45, 2.75) is 25.3 Å². The number of rotatable bonds is 5. The molecule has 2 amide bonds. The van der Waals surface area contributed by atoms with Crippen LogP contribution in [0.2, 0.25) is 0 Å². The largest absolute Gasteiger partial charge is 0.464 e. The van der Waals surface area contributed by atoms with Gasteiger partial charge >= 0.3 is 5.97 Å². The second-order valence-corrected chi connectivity index (χ2v) is 6.91. The van der Waals surface area contributed by atoms with Crippen molar-refractivity contribution in [2.75, 3.05) is 25.1 Å². The molecule has 1 saturated heterocycles.